The lowest BCUT2D eigenvalue weighted by atomic mass is 9.81. The minimum absolute atomic E-state index is 0. The second-order valence-electron chi connectivity index (χ2n) is 5.24. The van der Waals surface area contributed by atoms with Gasteiger partial charge in [-0.25, -0.2) is 0 Å². The molecule has 1 rings (SSSR count). The molecule has 1 aliphatic heterocycles. The van der Waals surface area contributed by atoms with Crippen LogP contribution in [0.5, 0.6) is 0 Å². The number of piperidine rings is 1. The van der Waals surface area contributed by atoms with Gasteiger partial charge in [-0.15, -0.1) is 12.4 Å². The molecule has 18 heavy (non-hydrogen) atoms. The zero-order chi connectivity index (χ0) is 12.6. The molecule has 5 heteroatoms. The molecule has 0 radical (unpaired) electrons. The van der Waals surface area contributed by atoms with Crippen molar-refractivity contribution in [2.75, 3.05) is 32.8 Å². The number of carbonyl (C=O) groups excluding carboxylic acids is 1. The molecule has 0 aromatic rings. The van der Waals surface area contributed by atoms with Crippen LogP contribution in [0.25, 0.3) is 0 Å². The van der Waals surface area contributed by atoms with Gasteiger partial charge in [-0.1, -0.05) is 20.3 Å². The van der Waals surface area contributed by atoms with Gasteiger partial charge in [0.15, 0.2) is 0 Å². The SMILES string of the molecule is CCCCOCC(=O)NCC1(C)CCNCC1.Cl. The number of unbranched alkanes of at least 4 members (excludes halogenated alkanes) is 1. The maximum absolute atomic E-state index is 11.5. The predicted octanol–water partition coefficient (Wildman–Crippen LogP) is 1.73. The minimum Gasteiger partial charge on any atom is -0.372 e. The highest BCUT2D eigenvalue weighted by atomic mass is 35.5. The Bertz CT molecular complexity index is 231. The van der Waals surface area contributed by atoms with Crippen molar-refractivity contribution in [2.24, 2.45) is 5.41 Å². The summed E-state index contributed by atoms with van der Waals surface area (Å²) in [7, 11) is 0. The first-order valence-electron chi connectivity index (χ1n) is 6.71. The molecule has 108 valence electrons. The molecular weight excluding hydrogens is 252 g/mol. The second-order valence-corrected chi connectivity index (χ2v) is 5.24. The molecule has 0 atom stereocenters. The highest BCUT2D eigenvalue weighted by molar-refractivity contribution is 5.85. The predicted molar refractivity (Wildman–Crippen MR) is 76.2 cm³/mol. The van der Waals surface area contributed by atoms with Gasteiger partial charge in [-0.3, -0.25) is 4.79 Å². The lowest BCUT2D eigenvalue weighted by Gasteiger charge is -2.34. The van der Waals surface area contributed by atoms with E-state index in [1.54, 1.807) is 0 Å². The Morgan fingerprint density at radius 1 is 1.39 bits per heavy atom. The van der Waals surface area contributed by atoms with Crippen molar-refractivity contribution in [1.82, 2.24) is 10.6 Å². The Hall–Kier alpha value is -0.320. The van der Waals surface area contributed by atoms with E-state index >= 15 is 0 Å². The molecule has 0 unspecified atom stereocenters. The summed E-state index contributed by atoms with van der Waals surface area (Å²) in [4.78, 5) is 11.5. The van der Waals surface area contributed by atoms with E-state index in [4.69, 9.17) is 4.74 Å². The van der Waals surface area contributed by atoms with Crippen LogP contribution in [0, 0.1) is 5.41 Å². The summed E-state index contributed by atoms with van der Waals surface area (Å²) in [6.07, 6.45) is 4.39. The van der Waals surface area contributed by atoms with Gasteiger partial charge >= 0.3 is 0 Å². The van der Waals surface area contributed by atoms with Gasteiger partial charge in [0.05, 0.1) is 0 Å². The van der Waals surface area contributed by atoms with Crippen molar-refractivity contribution in [3.05, 3.63) is 0 Å². The maximum Gasteiger partial charge on any atom is 0.246 e. The van der Waals surface area contributed by atoms with Crippen molar-refractivity contribution in [2.45, 2.75) is 39.5 Å². The number of nitrogens with one attached hydrogen (secondary N) is 2. The number of halogens is 1. The average molecular weight is 279 g/mol. The quantitative estimate of drug-likeness (QED) is 0.698. The molecule has 2 N–H and O–H groups in total. The molecule has 1 aliphatic rings. The fraction of sp³-hybridized carbons (Fsp3) is 0.923. The lowest BCUT2D eigenvalue weighted by molar-refractivity contribution is -0.126. The topological polar surface area (TPSA) is 50.4 Å². The zero-order valence-corrected chi connectivity index (χ0v) is 12.4. The van der Waals surface area contributed by atoms with Gasteiger partial charge < -0.3 is 15.4 Å². The van der Waals surface area contributed by atoms with Crippen molar-refractivity contribution in [1.29, 1.82) is 0 Å². The summed E-state index contributed by atoms with van der Waals surface area (Å²) in [5, 5.41) is 6.32. The molecule has 1 heterocycles. The number of hydrogen-bond acceptors (Lipinski definition) is 3. The van der Waals surface area contributed by atoms with E-state index in [0.29, 0.717) is 6.61 Å². The number of ether oxygens (including phenoxy) is 1. The third-order valence-electron chi connectivity index (χ3n) is 3.40. The summed E-state index contributed by atoms with van der Waals surface area (Å²) < 4.78 is 5.28. The highest BCUT2D eigenvalue weighted by Gasteiger charge is 2.26. The Kier molecular flexibility index (Phi) is 9.42. The van der Waals surface area contributed by atoms with Gasteiger partial charge in [0.2, 0.25) is 5.91 Å². The maximum atomic E-state index is 11.5. The lowest BCUT2D eigenvalue weighted by Crippen LogP contribution is -2.43. The number of amides is 1. The van der Waals surface area contributed by atoms with E-state index in [1.807, 2.05) is 0 Å². The normalized spacial score (nSPS) is 17.9. The van der Waals surface area contributed by atoms with E-state index in [1.165, 1.54) is 0 Å². The summed E-state index contributed by atoms with van der Waals surface area (Å²) in [5.74, 6) is 0.0147. The van der Waals surface area contributed by atoms with Crippen molar-refractivity contribution < 1.29 is 9.53 Å². The van der Waals surface area contributed by atoms with Gasteiger partial charge in [0.25, 0.3) is 0 Å². The molecule has 1 amide bonds. The highest BCUT2D eigenvalue weighted by Crippen LogP contribution is 2.26. The number of hydrogen-bond donors (Lipinski definition) is 2. The van der Waals surface area contributed by atoms with Gasteiger partial charge in [0, 0.05) is 13.2 Å². The minimum atomic E-state index is 0. The van der Waals surface area contributed by atoms with Crippen LogP contribution in [0.15, 0.2) is 0 Å². The average Bonchev–Trinajstić information content (AvgIpc) is 2.33. The van der Waals surface area contributed by atoms with E-state index in [0.717, 1.165) is 45.3 Å². The molecule has 0 saturated carbocycles. The fourth-order valence-corrected chi connectivity index (χ4v) is 1.98. The van der Waals surface area contributed by atoms with E-state index in [9.17, 15) is 4.79 Å². The first-order valence-corrected chi connectivity index (χ1v) is 6.71. The van der Waals surface area contributed by atoms with Gasteiger partial charge in [-0.05, 0) is 37.8 Å². The van der Waals surface area contributed by atoms with Crippen LogP contribution in [0.4, 0.5) is 0 Å². The second kappa shape index (κ2) is 9.59. The van der Waals surface area contributed by atoms with Crippen LogP contribution in [0.2, 0.25) is 0 Å². The molecule has 4 nitrogen and oxygen atoms in total. The first-order chi connectivity index (χ1) is 8.16. The Morgan fingerprint density at radius 3 is 2.67 bits per heavy atom. The third kappa shape index (κ3) is 7.19. The summed E-state index contributed by atoms with van der Waals surface area (Å²) >= 11 is 0. The van der Waals surface area contributed by atoms with Gasteiger partial charge in [0.1, 0.15) is 6.61 Å². The Labute approximate surface area is 117 Å². The molecule has 1 fully saturated rings. The van der Waals surface area contributed by atoms with Crippen LogP contribution >= 0.6 is 12.4 Å². The summed E-state index contributed by atoms with van der Waals surface area (Å²) in [5.41, 5.74) is 0.254. The standard InChI is InChI=1S/C13H26N2O2.ClH/c1-3-4-9-17-10-12(16)15-11-13(2)5-7-14-8-6-13;/h14H,3-11H2,1-2H3,(H,15,16);1H. The van der Waals surface area contributed by atoms with Crippen LogP contribution < -0.4 is 10.6 Å². The smallest absolute Gasteiger partial charge is 0.246 e. The third-order valence-corrected chi connectivity index (χ3v) is 3.40. The Morgan fingerprint density at radius 2 is 2.06 bits per heavy atom. The summed E-state index contributed by atoms with van der Waals surface area (Å²) in [6.45, 7) is 8.12. The van der Waals surface area contributed by atoms with E-state index in [2.05, 4.69) is 24.5 Å². The van der Waals surface area contributed by atoms with Crippen LogP contribution in [0.1, 0.15) is 39.5 Å². The fourth-order valence-electron chi connectivity index (χ4n) is 1.98. The first kappa shape index (κ1) is 17.7. The van der Waals surface area contributed by atoms with Crippen LogP contribution in [0.3, 0.4) is 0 Å². The molecule has 0 aromatic heterocycles. The molecule has 0 spiro atoms. The number of carbonyl (C=O) groups is 1. The molecule has 0 bridgehead atoms. The Balaban J connectivity index is 0.00000289. The molecule has 0 aliphatic carbocycles. The molecule has 1 saturated heterocycles. The summed E-state index contributed by atoms with van der Waals surface area (Å²) in [6, 6.07) is 0. The zero-order valence-electron chi connectivity index (χ0n) is 11.6. The van der Waals surface area contributed by atoms with E-state index < -0.39 is 0 Å². The monoisotopic (exact) mass is 278 g/mol. The molecule has 0 aromatic carbocycles. The molecular formula is C13H27ClN2O2. The largest absolute Gasteiger partial charge is 0.372 e. The van der Waals surface area contributed by atoms with Crippen molar-refractivity contribution in [3.63, 3.8) is 0 Å². The van der Waals surface area contributed by atoms with Gasteiger partial charge in [-0.2, -0.15) is 0 Å². The van der Waals surface area contributed by atoms with Crippen LogP contribution in [-0.2, 0) is 9.53 Å². The number of rotatable bonds is 7. The van der Waals surface area contributed by atoms with Crippen molar-refractivity contribution in [3.8, 4) is 0 Å². The van der Waals surface area contributed by atoms with Crippen molar-refractivity contribution >= 4 is 18.3 Å². The van der Waals surface area contributed by atoms with E-state index in [-0.39, 0.29) is 30.3 Å². The van der Waals surface area contributed by atoms with Crippen LogP contribution in [-0.4, -0.2) is 38.8 Å².